The van der Waals surface area contributed by atoms with Crippen molar-refractivity contribution >= 4 is 17.9 Å². The molecule has 1 heterocycles. The molecule has 0 spiro atoms. The van der Waals surface area contributed by atoms with Crippen LogP contribution in [0.5, 0.6) is 0 Å². The zero-order valence-corrected chi connectivity index (χ0v) is 10.3. The Kier molecular flexibility index (Phi) is 3.93. The van der Waals surface area contributed by atoms with Gasteiger partial charge < -0.3 is 4.79 Å². The van der Waals surface area contributed by atoms with Crippen molar-refractivity contribution in [1.82, 2.24) is 5.32 Å². The summed E-state index contributed by atoms with van der Waals surface area (Å²) in [5.74, 6) is 0. The first-order valence-corrected chi connectivity index (χ1v) is 6.10. The summed E-state index contributed by atoms with van der Waals surface area (Å²) in [6, 6.07) is 5.43. The van der Waals surface area contributed by atoms with Crippen LogP contribution >= 0.6 is 11.6 Å². The Morgan fingerprint density at radius 2 is 2.22 bits per heavy atom. The molecule has 96 valence electrons. The molecule has 0 amide bonds. The predicted molar refractivity (Wildman–Crippen MR) is 67.2 cm³/mol. The van der Waals surface area contributed by atoms with E-state index in [9.17, 15) is 14.9 Å². The quantitative estimate of drug-likeness (QED) is 0.517. The van der Waals surface area contributed by atoms with E-state index in [1.54, 1.807) is 24.3 Å². The molecule has 1 aromatic carbocycles. The first-order valence-electron chi connectivity index (χ1n) is 5.72. The maximum absolute atomic E-state index is 11.1. The summed E-state index contributed by atoms with van der Waals surface area (Å²) >= 11 is 5.89. The second-order valence-corrected chi connectivity index (χ2v) is 4.81. The lowest BCUT2D eigenvalue weighted by atomic mass is 9.89. The Hall–Kier alpha value is -1.46. The van der Waals surface area contributed by atoms with Crippen molar-refractivity contribution in [3.63, 3.8) is 0 Å². The summed E-state index contributed by atoms with van der Waals surface area (Å²) in [5, 5.41) is 14.6. The van der Waals surface area contributed by atoms with Crippen molar-refractivity contribution in [1.29, 1.82) is 0 Å². The number of aldehydes is 1. The van der Waals surface area contributed by atoms with Gasteiger partial charge in [0.25, 0.3) is 0 Å². The fourth-order valence-corrected chi connectivity index (χ4v) is 2.49. The summed E-state index contributed by atoms with van der Waals surface area (Å²) < 4.78 is 0. The Bertz CT molecular complexity index is 466. The van der Waals surface area contributed by atoms with Crippen LogP contribution in [-0.4, -0.2) is 23.3 Å². The third-order valence-electron chi connectivity index (χ3n) is 3.19. The molecule has 1 N–H and O–H groups in total. The van der Waals surface area contributed by atoms with Crippen molar-refractivity contribution in [2.24, 2.45) is 0 Å². The largest absolute Gasteiger partial charge is 0.302 e. The number of nitro groups is 1. The van der Waals surface area contributed by atoms with Crippen LogP contribution in [0.25, 0.3) is 0 Å². The number of carbonyl (C=O) groups is 1. The van der Waals surface area contributed by atoms with Crippen LogP contribution in [0.1, 0.15) is 24.4 Å². The number of halogens is 1. The summed E-state index contributed by atoms with van der Waals surface area (Å²) in [5.41, 5.74) is 0.746. The molecule has 18 heavy (non-hydrogen) atoms. The van der Waals surface area contributed by atoms with Crippen LogP contribution in [0.3, 0.4) is 0 Å². The highest BCUT2D eigenvalue weighted by Gasteiger charge is 2.38. The Morgan fingerprint density at radius 1 is 1.44 bits per heavy atom. The normalized spacial score (nSPS) is 27.7. The number of rotatable bonds is 3. The van der Waals surface area contributed by atoms with Gasteiger partial charge in [-0.15, -0.1) is 0 Å². The fraction of sp³-hybridized carbons (Fsp3) is 0.417. The Morgan fingerprint density at radius 3 is 2.83 bits per heavy atom. The lowest BCUT2D eigenvalue weighted by Crippen LogP contribution is -2.48. The van der Waals surface area contributed by atoms with Crippen LogP contribution in [-0.2, 0) is 4.79 Å². The monoisotopic (exact) mass is 268 g/mol. The van der Waals surface area contributed by atoms with Crippen molar-refractivity contribution in [2.45, 2.75) is 31.0 Å². The molecule has 1 saturated heterocycles. The second kappa shape index (κ2) is 5.46. The summed E-state index contributed by atoms with van der Waals surface area (Å²) in [7, 11) is 0. The Labute approximate surface area is 109 Å². The number of carbonyl (C=O) groups excluding carboxylic acids is 1. The molecule has 1 fully saturated rings. The van der Waals surface area contributed by atoms with Crippen molar-refractivity contribution in [2.75, 3.05) is 0 Å². The van der Waals surface area contributed by atoms with Crippen LogP contribution in [0, 0.1) is 10.1 Å². The first kappa shape index (κ1) is 13.0. The molecule has 6 heteroatoms. The molecular formula is C12H13ClN2O3. The summed E-state index contributed by atoms with van der Waals surface area (Å²) in [6.07, 6.45) is 1.68. The van der Waals surface area contributed by atoms with E-state index in [0.29, 0.717) is 17.9 Å². The molecule has 3 atom stereocenters. The van der Waals surface area contributed by atoms with Gasteiger partial charge in [-0.1, -0.05) is 23.7 Å². The SMILES string of the molecule is O=CC1CCC([N+](=O)[O-])C(c2cccc(Cl)c2)N1. The molecular weight excluding hydrogens is 256 g/mol. The fourth-order valence-electron chi connectivity index (χ4n) is 2.29. The maximum atomic E-state index is 11.1. The van der Waals surface area contributed by atoms with Crippen molar-refractivity contribution < 1.29 is 9.72 Å². The minimum Gasteiger partial charge on any atom is -0.302 e. The van der Waals surface area contributed by atoms with Crippen molar-refractivity contribution in [3.8, 4) is 0 Å². The van der Waals surface area contributed by atoms with Gasteiger partial charge in [-0.3, -0.25) is 15.4 Å². The molecule has 1 aliphatic rings. The number of nitrogens with one attached hydrogen (secondary N) is 1. The summed E-state index contributed by atoms with van der Waals surface area (Å²) in [4.78, 5) is 21.6. The number of hydrogen-bond donors (Lipinski definition) is 1. The maximum Gasteiger partial charge on any atom is 0.232 e. The third-order valence-corrected chi connectivity index (χ3v) is 3.43. The lowest BCUT2D eigenvalue weighted by molar-refractivity contribution is -0.531. The highest BCUT2D eigenvalue weighted by molar-refractivity contribution is 6.30. The van der Waals surface area contributed by atoms with Crippen molar-refractivity contribution in [3.05, 3.63) is 45.0 Å². The molecule has 0 aromatic heterocycles. The molecule has 3 unspecified atom stereocenters. The van der Waals surface area contributed by atoms with E-state index >= 15 is 0 Å². The van der Waals surface area contributed by atoms with E-state index in [2.05, 4.69) is 5.32 Å². The van der Waals surface area contributed by atoms with E-state index in [1.165, 1.54) is 0 Å². The first-order chi connectivity index (χ1) is 8.61. The van der Waals surface area contributed by atoms with E-state index < -0.39 is 12.1 Å². The number of piperidine rings is 1. The van der Waals surface area contributed by atoms with Gasteiger partial charge in [0.2, 0.25) is 6.04 Å². The van der Waals surface area contributed by atoms with Gasteiger partial charge in [0, 0.05) is 16.4 Å². The minimum atomic E-state index is -0.723. The van der Waals surface area contributed by atoms with Gasteiger partial charge in [-0.05, 0) is 24.1 Å². The van der Waals surface area contributed by atoms with Gasteiger partial charge in [0.1, 0.15) is 12.3 Å². The zero-order chi connectivity index (χ0) is 13.1. The smallest absolute Gasteiger partial charge is 0.232 e. The molecule has 2 rings (SSSR count). The third kappa shape index (κ3) is 2.68. The van der Waals surface area contributed by atoms with Gasteiger partial charge >= 0.3 is 0 Å². The zero-order valence-electron chi connectivity index (χ0n) is 9.58. The van der Waals surface area contributed by atoms with Crippen LogP contribution in [0.2, 0.25) is 5.02 Å². The molecule has 5 nitrogen and oxygen atoms in total. The molecule has 1 aromatic rings. The van der Waals surface area contributed by atoms with Crippen LogP contribution in [0.4, 0.5) is 0 Å². The van der Waals surface area contributed by atoms with Gasteiger partial charge in [0.05, 0.1) is 6.04 Å². The van der Waals surface area contributed by atoms with Gasteiger partial charge in [-0.25, -0.2) is 0 Å². The number of nitrogens with zero attached hydrogens (tertiary/aromatic N) is 1. The van der Waals surface area contributed by atoms with E-state index in [1.807, 2.05) is 0 Å². The van der Waals surface area contributed by atoms with Crippen LogP contribution in [0.15, 0.2) is 24.3 Å². The molecule has 0 aliphatic carbocycles. The number of benzene rings is 1. The predicted octanol–water partition coefficient (Wildman–Crippen LogP) is 1.98. The summed E-state index contributed by atoms with van der Waals surface area (Å²) in [6.45, 7) is 0. The van der Waals surface area contributed by atoms with E-state index in [-0.39, 0.29) is 11.0 Å². The van der Waals surface area contributed by atoms with E-state index in [4.69, 9.17) is 11.6 Å². The average Bonchev–Trinajstić information content (AvgIpc) is 2.38. The topological polar surface area (TPSA) is 72.2 Å². The lowest BCUT2D eigenvalue weighted by Gasteiger charge is -2.30. The minimum absolute atomic E-state index is 0.292. The molecule has 1 aliphatic heterocycles. The van der Waals surface area contributed by atoms with E-state index in [0.717, 1.165) is 11.8 Å². The second-order valence-electron chi connectivity index (χ2n) is 4.37. The molecule has 0 saturated carbocycles. The van der Waals surface area contributed by atoms with Crippen LogP contribution < -0.4 is 5.32 Å². The highest BCUT2D eigenvalue weighted by atomic mass is 35.5. The number of hydrogen-bond acceptors (Lipinski definition) is 4. The molecule has 0 bridgehead atoms. The average molecular weight is 269 g/mol. The van der Waals surface area contributed by atoms with Gasteiger partial charge in [0.15, 0.2) is 0 Å². The van der Waals surface area contributed by atoms with Gasteiger partial charge in [-0.2, -0.15) is 0 Å². The molecule has 0 radical (unpaired) electrons. The highest BCUT2D eigenvalue weighted by Crippen LogP contribution is 2.29. The standard InChI is InChI=1S/C12H13ClN2O3/c13-9-3-1-2-8(6-9)12-11(15(17)18)5-4-10(7-16)14-12/h1-3,6-7,10-12,14H,4-5H2. The Balaban J connectivity index is 2.29.